The largest absolute Gasteiger partial charge is 0.497 e. The average Bonchev–Trinajstić information content (AvgIpc) is 3.01. The highest BCUT2D eigenvalue weighted by Gasteiger charge is 2.23. The third-order valence-corrected chi connectivity index (χ3v) is 5.20. The van der Waals surface area contributed by atoms with Gasteiger partial charge < -0.3 is 14.6 Å². The first-order valence-electron chi connectivity index (χ1n) is 7.84. The summed E-state index contributed by atoms with van der Waals surface area (Å²) in [7, 11) is -0.431. The summed E-state index contributed by atoms with van der Waals surface area (Å²) in [5.41, 5.74) is 1.58. The Balaban J connectivity index is 2.01. The maximum Gasteiger partial charge on any atom is 0.251 e. The van der Waals surface area contributed by atoms with E-state index in [2.05, 4.69) is 26.8 Å². The Morgan fingerprint density at radius 3 is 2.65 bits per heavy atom. The Morgan fingerprint density at radius 1 is 1.27 bits per heavy atom. The predicted molar refractivity (Wildman–Crippen MR) is 98.9 cm³/mol. The number of nitrogens with zero attached hydrogens (tertiary/aromatic N) is 4. The van der Waals surface area contributed by atoms with Gasteiger partial charge in [-0.05, 0) is 17.7 Å². The molecule has 0 aliphatic rings. The van der Waals surface area contributed by atoms with E-state index in [0.29, 0.717) is 34.8 Å². The quantitative estimate of drug-likeness (QED) is 0.499. The van der Waals surface area contributed by atoms with Gasteiger partial charge in [-0.15, -0.1) is 6.58 Å². The third kappa shape index (κ3) is 3.52. The van der Waals surface area contributed by atoms with Crippen molar-refractivity contribution in [2.45, 2.75) is 10.9 Å². The van der Waals surface area contributed by atoms with Gasteiger partial charge in [0.15, 0.2) is 17.0 Å². The second-order valence-corrected chi connectivity index (χ2v) is 7.54. The molecule has 1 N–H and O–H groups in total. The van der Waals surface area contributed by atoms with Gasteiger partial charge in [0.1, 0.15) is 5.75 Å². The van der Waals surface area contributed by atoms with Crippen LogP contribution in [0.3, 0.4) is 0 Å². The van der Waals surface area contributed by atoms with Gasteiger partial charge >= 0.3 is 0 Å². The Kier molecular flexibility index (Phi) is 4.90. The molecule has 2 heterocycles. The van der Waals surface area contributed by atoms with Crippen LogP contribution in [0, 0.1) is 0 Å². The molecule has 0 amide bonds. The highest BCUT2D eigenvalue weighted by molar-refractivity contribution is 7.90. The maximum atomic E-state index is 12.8. The number of fused-ring (bicyclic) bond motifs is 1. The predicted octanol–water partition coefficient (Wildman–Crippen LogP) is 1.94. The zero-order chi connectivity index (χ0) is 18.7. The number of anilines is 1. The van der Waals surface area contributed by atoms with E-state index in [9.17, 15) is 8.42 Å². The van der Waals surface area contributed by atoms with E-state index in [1.807, 2.05) is 0 Å². The number of hydrogen-bond acceptors (Lipinski definition) is 7. The van der Waals surface area contributed by atoms with Gasteiger partial charge in [-0.1, -0.05) is 18.2 Å². The van der Waals surface area contributed by atoms with Crippen LogP contribution in [0.2, 0.25) is 0 Å². The first-order chi connectivity index (χ1) is 12.4. The lowest BCUT2D eigenvalue weighted by Gasteiger charge is -2.08. The molecule has 0 saturated heterocycles. The number of rotatable bonds is 7. The number of aromatic nitrogens is 4. The molecule has 0 bridgehead atoms. The van der Waals surface area contributed by atoms with E-state index in [4.69, 9.17) is 4.74 Å². The summed E-state index contributed by atoms with van der Waals surface area (Å²) in [4.78, 5) is 12.6. The molecule has 136 valence electrons. The fourth-order valence-corrected chi connectivity index (χ4v) is 3.64. The Labute approximate surface area is 151 Å². The number of ether oxygens (including phenoxy) is 1. The Hall–Kier alpha value is -2.94. The van der Waals surface area contributed by atoms with Crippen molar-refractivity contribution in [3.63, 3.8) is 0 Å². The Morgan fingerprint density at radius 2 is 2.00 bits per heavy atom. The average molecular weight is 373 g/mol. The van der Waals surface area contributed by atoms with Gasteiger partial charge in [-0.3, -0.25) is 0 Å². The van der Waals surface area contributed by atoms with Crippen LogP contribution in [0.1, 0.15) is 5.56 Å². The molecule has 0 radical (unpaired) electrons. The van der Waals surface area contributed by atoms with E-state index >= 15 is 0 Å². The summed E-state index contributed by atoms with van der Waals surface area (Å²) in [6, 6.07) is 6.84. The van der Waals surface area contributed by atoms with Crippen molar-refractivity contribution in [3.05, 3.63) is 48.8 Å². The second kappa shape index (κ2) is 7.12. The number of imidazole rings is 1. The summed E-state index contributed by atoms with van der Waals surface area (Å²) in [6.07, 6.45) is 3.22. The number of methoxy groups -OCH3 is 1. The van der Waals surface area contributed by atoms with Crippen molar-refractivity contribution in [3.8, 4) is 5.75 Å². The van der Waals surface area contributed by atoms with Crippen molar-refractivity contribution in [2.75, 3.05) is 19.0 Å². The van der Waals surface area contributed by atoms with Gasteiger partial charge in [0, 0.05) is 13.6 Å². The highest BCUT2D eigenvalue weighted by atomic mass is 32.2. The molecule has 2 aromatic heterocycles. The molecule has 0 atom stereocenters. The summed E-state index contributed by atoms with van der Waals surface area (Å²) in [5, 5.41) is 2.78. The van der Waals surface area contributed by atoms with Crippen LogP contribution in [0.15, 0.2) is 48.4 Å². The van der Waals surface area contributed by atoms with Gasteiger partial charge in [0.25, 0.3) is 5.16 Å². The molecule has 8 nitrogen and oxygen atoms in total. The van der Waals surface area contributed by atoms with Gasteiger partial charge in [-0.2, -0.15) is 9.97 Å². The van der Waals surface area contributed by atoms with Gasteiger partial charge in [0.05, 0.1) is 19.2 Å². The van der Waals surface area contributed by atoms with E-state index in [1.54, 1.807) is 55.4 Å². The van der Waals surface area contributed by atoms with Crippen molar-refractivity contribution < 1.29 is 13.2 Å². The van der Waals surface area contributed by atoms with Crippen molar-refractivity contribution in [2.24, 2.45) is 7.05 Å². The van der Waals surface area contributed by atoms with Crippen molar-refractivity contribution >= 4 is 26.8 Å². The number of nitrogens with one attached hydrogen (secondary N) is 1. The van der Waals surface area contributed by atoms with Crippen LogP contribution in [0.25, 0.3) is 11.2 Å². The standard InChI is InChI=1S/C17H19N5O3S/c1-4-9-18-15-14-16(22(2)11-19-14)21-17(20-15)26(23,24)10-12-5-7-13(25-3)8-6-12/h4-8,11H,1,9-10H2,2-3H3,(H,18,20,21). The van der Waals surface area contributed by atoms with E-state index in [0.717, 1.165) is 0 Å². The SMILES string of the molecule is C=CCNc1nc(S(=O)(=O)Cc2ccc(OC)cc2)nc2c1ncn2C. The fourth-order valence-electron chi connectivity index (χ4n) is 2.42. The molecule has 9 heteroatoms. The van der Waals surface area contributed by atoms with Crippen LogP contribution in [0.5, 0.6) is 5.75 Å². The lowest BCUT2D eigenvalue weighted by atomic mass is 10.2. The van der Waals surface area contributed by atoms with E-state index in [1.165, 1.54) is 0 Å². The van der Waals surface area contributed by atoms with Crippen molar-refractivity contribution in [1.82, 2.24) is 19.5 Å². The lowest BCUT2D eigenvalue weighted by molar-refractivity contribution is 0.414. The molecule has 0 unspecified atom stereocenters. The van der Waals surface area contributed by atoms with Crippen LogP contribution in [-0.4, -0.2) is 41.6 Å². The van der Waals surface area contributed by atoms with Crippen LogP contribution in [0.4, 0.5) is 5.82 Å². The third-order valence-electron chi connectivity index (χ3n) is 3.75. The molecule has 0 fully saturated rings. The van der Waals surface area contributed by atoms with Crippen LogP contribution >= 0.6 is 0 Å². The van der Waals surface area contributed by atoms with Crippen molar-refractivity contribution in [1.29, 1.82) is 0 Å². The fraction of sp³-hybridized carbons (Fsp3) is 0.235. The van der Waals surface area contributed by atoms with E-state index < -0.39 is 9.84 Å². The van der Waals surface area contributed by atoms with E-state index in [-0.39, 0.29) is 10.9 Å². The minimum atomic E-state index is -3.74. The molecule has 26 heavy (non-hydrogen) atoms. The number of sulfone groups is 1. The summed E-state index contributed by atoms with van der Waals surface area (Å²) < 4.78 is 32.4. The van der Waals surface area contributed by atoms with Crippen LogP contribution < -0.4 is 10.1 Å². The topological polar surface area (TPSA) is 99.0 Å². The van der Waals surface area contributed by atoms with Gasteiger partial charge in [0.2, 0.25) is 9.84 Å². The molecule has 1 aromatic carbocycles. The number of benzene rings is 1. The minimum absolute atomic E-state index is 0.207. The second-order valence-electron chi connectivity index (χ2n) is 5.66. The highest BCUT2D eigenvalue weighted by Crippen LogP contribution is 2.22. The molecule has 3 aromatic rings. The smallest absolute Gasteiger partial charge is 0.251 e. The molecule has 0 spiro atoms. The minimum Gasteiger partial charge on any atom is -0.497 e. The summed E-state index contributed by atoms with van der Waals surface area (Å²) >= 11 is 0. The summed E-state index contributed by atoms with van der Waals surface area (Å²) in [5.74, 6) is 0.819. The lowest BCUT2D eigenvalue weighted by Crippen LogP contribution is -2.13. The Bertz CT molecular complexity index is 1040. The monoisotopic (exact) mass is 373 g/mol. The summed E-state index contributed by atoms with van der Waals surface area (Å²) in [6.45, 7) is 4.07. The maximum absolute atomic E-state index is 12.8. The molecular weight excluding hydrogens is 354 g/mol. The molecular formula is C17H19N5O3S. The first-order valence-corrected chi connectivity index (χ1v) is 9.49. The molecule has 0 aliphatic heterocycles. The first kappa shape index (κ1) is 17.9. The number of aryl methyl sites for hydroxylation is 1. The van der Waals surface area contributed by atoms with Crippen LogP contribution in [-0.2, 0) is 22.6 Å². The number of hydrogen-bond donors (Lipinski definition) is 1. The van der Waals surface area contributed by atoms with Gasteiger partial charge in [-0.25, -0.2) is 13.4 Å². The molecule has 3 rings (SSSR count). The zero-order valence-corrected chi connectivity index (χ0v) is 15.3. The molecule has 0 saturated carbocycles. The zero-order valence-electron chi connectivity index (χ0n) is 14.5. The molecule has 0 aliphatic carbocycles. The normalized spacial score (nSPS) is 11.5.